The van der Waals surface area contributed by atoms with E-state index in [9.17, 15) is 9.18 Å². The first-order valence-electron chi connectivity index (χ1n) is 5.88. The Bertz CT molecular complexity index is 556. The van der Waals surface area contributed by atoms with Crippen LogP contribution in [0.15, 0.2) is 36.4 Å². The van der Waals surface area contributed by atoms with Gasteiger partial charge in [0.05, 0.1) is 5.56 Å². The van der Waals surface area contributed by atoms with E-state index in [4.69, 9.17) is 5.73 Å². The molecule has 0 radical (unpaired) electrons. The minimum absolute atomic E-state index is 0.0709. The summed E-state index contributed by atoms with van der Waals surface area (Å²) in [5.41, 5.74) is 6.82. The summed E-state index contributed by atoms with van der Waals surface area (Å²) >= 11 is 0. The highest BCUT2D eigenvalue weighted by molar-refractivity contribution is 5.93. The second-order valence-electron chi connectivity index (χ2n) is 5.25. The van der Waals surface area contributed by atoms with Crippen molar-refractivity contribution in [3.8, 4) is 0 Å². The highest BCUT2D eigenvalue weighted by Crippen LogP contribution is 2.33. The lowest BCUT2D eigenvalue weighted by atomic mass is 9.82. The van der Waals surface area contributed by atoms with Crippen molar-refractivity contribution in [3.63, 3.8) is 0 Å². The van der Waals surface area contributed by atoms with Gasteiger partial charge in [0.2, 0.25) is 0 Å². The highest BCUT2D eigenvalue weighted by Gasteiger charge is 2.18. The molecule has 0 aromatic heterocycles. The van der Waals surface area contributed by atoms with E-state index in [0.29, 0.717) is 0 Å². The fraction of sp³-hybridized carbons (Fsp3) is 0.267. The van der Waals surface area contributed by atoms with E-state index < -0.39 is 11.7 Å². The van der Waals surface area contributed by atoms with Crippen molar-refractivity contribution in [2.24, 2.45) is 11.1 Å². The van der Waals surface area contributed by atoms with Crippen LogP contribution < -0.4 is 5.73 Å². The minimum Gasteiger partial charge on any atom is -0.366 e. The van der Waals surface area contributed by atoms with Crippen molar-refractivity contribution >= 4 is 11.5 Å². The summed E-state index contributed by atoms with van der Waals surface area (Å²) in [6.07, 6.45) is 7.14. The number of carbonyl (C=O) groups excluding carboxylic acids is 1. The van der Waals surface area contributed by atoms with Crippen LogP contribution in [0.1, 0.15) is 36.2 Å². The van der Waals surface area contributed by atoms with Gasteiger partial charge in [-0.3, -0.25) is 4.79 Å². The van der Waals surface area contributed by atoms with Crippen molar-refractivity contribution in [1.29, 1.82) is 0 Å². The highest BCUT2D eigenvalue weighted by atomic mass is 19.1. The number of carbonyl (C=O) groups is 1. The third kappa shape index (κ3) is 2.50. The van der Waals surface area contributed by atoms with E-state index in [1.165, 1.54) is 12.1 Å². The Morgan fingerprint density at radius 2 is 2.11 bits per heavy atom. The molecular weight excluding hydrogens is 229 g/mol. The zero-order chi connectivity index (χ0) is 13.3. The molecule has 1 aromatic rings. The fourth-order valence-corrected chi connectivity index (χ4v) is 2.09. The summed E-state index contributed by atoms with van der Waals surface area (Å²) < 4.78 is 13.7. The molecule has 18 heavy (non-hydrogen) atoms. The first kappa shape index (κ1) is 12.6. The Morgan fingerprint density at radius 3 is 2.67 bits per heavy atom. The molecule has 0 bridgehead atoms. The van der Waals surface area contributed by atoms with E-state index in [1.54, 1.807) is 6.07 Å². The molecule has 1 amide bonds. The number of nitrogens with two attached hydrogens (primary N) is 1. The Hall–Kier alpha value is -1.90. The smallest absolute Gasteiger partial charge is 0.251 e. The summed E-state index contributed by atoms with van der Waals surface area (Å²) in [5, 5.41) is 0. The number of benzene rings is 1. The molecule has 1 aromatic carbocycles. The first-order chi connectivity index (χ1) is 8.39. The molecule has 0 heterocycles. The number of allylic oxidation sites excluding steroid dienone is 4. The topological polar surface area (TPSA) is 43.1 Å². The molecule has 2 N–H and O–H groups in total. The van der Waals surface area contributed by atoms with Crippen LogP contribution in [0.4, 0.5) is 4.39 Å². The Morgan fingerprint density at radius 1 is 1.39 bits per heavy atom. The average Bonchev–Trinajstić information content (AvgIpc) is 2.27. The van der Waals surface area contributed by atoms with Gasteiger partial charge in [0.15, 0.2) is 0 Å². The van der Waals surface area contributed by atoms with Gasteiger partial charge in [-0.2, -0.15) is 0 Å². The zero-order valence-corrected chi connectivity index (χ0v) is 10.5. The number of amides is 1. The van der Waals surface area contributed by atoms with E-state index in [2.05, 4.69) is 26.0 Å². The predicted octanol–water partition coefficient (Wildman–Crippen LogP) is 3.29. The average molecular weight is 245 g/mol. The molecule has 2 rings (SSSR count). The molecule has 0 saturated heterocycles. The third-order valence-electron chi connectivity index (χ3n) is 3.06. The first-order valence-corrected chi connectivity index (χ1v) is 5.88. The molecule has 0 spiro atoms. The van der Waals surface area contributed by atoms with Crippen molar-refractivity contribution in [3.05, 3.63) is 53.4 Å². The van der Waals surface area contributed by atoms with Crippen LogP contribution in [0, 0.1) is 11.2 Å². The lowest BCUT2D eigenvalue weighted by molar-refractivity contribution is 0.0996. The molecule has 0 aliphatic heterocycles. The van der Waals surface area contributed by atoms with Crippen LogP contribution in [0.5, 0.6) is 0 Å². The fourth-order valence-electron chi connectivity index (χ4n) is 2.09. The van der Waals surface area contributed by atoms with Crippen molar-refractivity contribution in [1.82, 2.24) is 0 Å². The number of hydrogen-bond acceptors (Lipinski definition) is 1. The maximum atomic E-state index is 13.7. The Labute approximate surface area is 106 Å². The number of primary amides is 1. The number of halogens is 1. The van der Waals surface area contributed by atoms with E-state index in [0.717, 1.165) is 17.6 Å². The molecule has 0 unspecified atom stereocenters. The van der Waals surface area contributed by atoms with Gasteiger partial charge in [-0.25, -0.2) is 4.39 Å². The molecular formula is C15H16FNO. The normalized spacial score (nSPS) is 17.4. The molecule has 0 saturated carbocycles. The van der Waals surface area contributed by atoms with Crippen LogP contribution in [0.2, 0.25) is 0 Å². The zero-order valence-electron chi connectivity index (χ0n) is 10.5. The van der Waals surface area contributed by atoms with Gasteiger partial charge in [0, 0.05) is 0 Å². The predicted molar refractivity (Wildman–Crippen MR) is 70.4 cm³/mol. The van der Waals surface area contributed by atoms with Crippen LogP contribution in [-0.4, -0.2) is 5.91 Å². The monoisotopic (exact) mass is 245 g/mol. The SMILES string of the molecule is CC1(C)C=C(c2ccc(C(N)=O)c(F)c2)C=CC1. The lowest BCUT2D eigenvalue weighted by Gasteiger charge is -2.23. The molecule has 94 valence electrons. The van der Waals surface area contributed by atoms with Gasteiger partial charge in [-0.15, -0.1) is 0 Å². The number of hydrogen-bond donors (Lipinski definition) is 1. The van der Waals surface area contributed by atoms with Gasteiger partial charge < -0.3 is 5.73 Å². The third-order valence-corrected chi connectivity index (χ3v) is 3.06. The van der Waals surface area contributed by atoms with Gasteiger partial charge in [-0.1, -0.05) is 38.1 Å². The minimum atomic E-state index is -0.743. The molecule has 0 fully saturated rings. The van der Waals surface area contributed by atoms with E-state index in [-0.39, 0.29) is 11.0 Å². The number of rotatable bonds is 2. The largest absolute Gasteiger partial charge is 0.366 e. The van der Waals surface area contributed by atoms with Crippen LogP contribution in [0.3, 0.4) is 0 Å². The summed E-state index contributed by atoms with van der Waals surface area (Å²) in [4.78, 5) is 11.0. The maximum Gasteiger partial charge on any atom is 0.251 e. The van der Waals surface area contributed by atoms with E-state index in [1.807, 2.05) is 6.08 Å². The van der Waals surface area contributed by atoms with Gasteiger partial charge in [-0.05, 0) is 35.1 Å². The molecule has 2 nitrogen and oxygen atoms in total. The van der Waals surface area contributed by atoms with Crippen molar-refractivity contribution in [2.75, 3.05) is 0 Å². The van der Waals surface area contributed by atoms with Crippen LogP contribution in [-0.2, 0) is 0 Å². The standard InChI is InChI=1S/C15H16FNO/c1-15(2)7-3-4-11(9-15)10-5-6-12(14(17)18)13(16)8-10/h3-6,8-9H,7H2,1-2H3,(H2,17,18). The summed E-state index contributed by atoms with van der Waals surface area (Å²) in [7, 11) is 0. The molecule has 1 aliphatic carbocycles. The van der Waals surface area contributed by atoms with Crippen molar-refractivity contribution in [2.45, 2.75) is 20.3 Å². The lowest BCUT2D eigenvalue weighted by Crippen LogP contribution is -2.13. The van der Waals surface area contributed by atoms with E-state index >= 15 is 0 Å². The van der Waals surface area contributed by atoms with Crippen molar-refractivity contribution < 1.29 is 9.18 Å². The summed E-state index contributed by atoms with van der Waals surface area (Å²) in [5.74, 6) is -1.31. The van der Waals surface area contributed by atoms with Gasteiger partial charge in [0.25, 0.3) is 5.91 Å². The second kappa shape index (κ2) is 4.41. The Kier molecular flexibility index (Phi) is 3.07. The van der Waals surface area contributed by atoms with Crippen LogP contribution in [0.25, 0.3) is 5.57 Å². The molecule has 1 aliphatic rings. The quantitative estimate of drug-likeness (QED) is 0.853. The maximum absolute atomic E-state index is 13.7. The Balaban J connectivity index is 2.41. The van der Waals surface area contributed by atoms with Gasteiger partial charge in [0.1, 0.15) is 5.82 Å². The summed E-state index contributed by atoms with van der Waals surface area (Å²) in [6, 6.07) is 4.52. The second-order valence-corrected chi connectivity index (χ2v) is 5.25. The molecule has 3 heteroatoms. The van der Waals surface area contributed by atoms with Gasteiger partial charge >= 0.3 is 0 Å². The van der Waals surface area contributed by atoms with Crippen LogP contribution >= 0.6 is 0 Å². The summed E-state index contributed by atoms with van der Waals surface area (Å²) in [6.45, 7) is 4.26. The molecule has 0 atom stereocenters.